The van der Waals surface area contributed by atoms with Gasteiger partial charge in [0.2, 0.25) is 17.6 Å². The van der Waals surface area contributed by atoms with Crippen LogP contribution in [0.1, 0.15) is 29.9 Å². The number of amides is 1. The van der Waals surface area contributed by atoms with Gasteiger partial charge in [0, 0.05) is 17.8 Å². The number of anilines is 1. The molecule has 4 rings (SSSR count). The molecular weight excluding hydrogens is 400 g/mol. The summed E-state index contributed by atoms with van der Waals surface area (Å²) in [6.45, 7) is 6.17. The molecule has 1 aliphatic rings. The van der Waals surface area contributed by atoms with E-state index in [9.17, 15) is 4.79 Å². The first-order valence-corrected chi connectivity index (χ1v) is 10.6. The lowest BCUT2D eigenvalue weighted by Crippen LogP contribution is -2.40. The first-order valence-electron chi connectivity index (χ1n) is 10.2. The minimum atomic E-state index is -0.0652. The third-order valence-corrected chi connectivity index (χ3v) is 6.01. The van der Waals surface area contributed by atoms with E-state index in [4.69, 9.17) is 16.1 Å². The summed E-state index contributed by atoms with van der Waals surface area (Å²) in [7, 11) is 0. The number of carbonyl (C=O) groups excluding carboxylic acids is 1. The summed E-state index contributed by atoms with van der Waals surface area (Å²) in [5.41, 5.74) is 3.91. The number of nitrogens with one attached hydrogen (secondary N) is 1. The van der Waals surface area contributed by atoms with Crippen LogP contribution >= 0.6 is 11.6 Å². The minimum absolute atomic E-state index is 0.0652. The van der Waals surface area contributed by atoms with Gasteiger partial charge in [-0.25, -0.2) is 0 Å². The van der Waals surface area contributed by atoms with Crippen molar-refractivity contribution in [3.63, 3.8) is 0 Å². The number of piperidine rings is 1. The van der Waals surface area contributed by atoms with Gasteiger partial charge >= 0.3 is 0 Å². The third-order valence-electron chi connectivity index (χ3n) is 5.68. The molecule has 7 heteroatoms. The average molecular weight is 425 g/mol. The highest BCUT2D eigenvalue weighted by atomic mass is 35.5. The number of hydrogen-bond donors (Lipinski definition) is 1. The highest BCUT2D eigenvalue weighted by Gasteiger charge is 2.27. The van der Waals surface area contributed by atoms with Crippen molar-refractivity contribution >= 4 is 23.2 Å². The summed E-state index contributed by atoms with van der Waals surface area (Å²) in [6.07, 6.45) is 1.83. The fourth-order valence-electron chi connectivity index (χ4n) is 3.80. The summed E-state index contributed by atoms with van der Waals surface area (Å²) in [5, 5.41) is 7.76. The Labute approximate surface area is 181 Å². The summed E-state index contributed by atoms with van der Waals surface area (Å²) < 4.78 is 5.44. The molecule has 0 saturated carbocycles. The Bertz CT molecular complexity index is 1050. The summed E-state index contributed by atoms with van der Waals surface area (Å²) in [5.74, 6) is 1.01. The second-order valence-electron chi connectivity index (χ2n) is 7.80. The number of carbonyl (C=O) groups is 1. The molecule has 0 spiro atoms. The maximum Gasteiger partial charge on any atom is 0.241 e. The van der Waals surface area contributed by atoms with Crippen molar-refractivity contribution in [1.82, 2.24) is 15.0 Å². The fraction of sp³-hybridized carbons (Fsp3) is 0.348. The standard InChI is InChI=1S/C23H25ClN4O2/c1-15-7-5-11-20(16(15)2)25-23(29)17-8-6-12-28(13-17)14-21-26-22(27-30-21)18-9-3-4-10-19(18)24/h3-5,7,9-11,17H,6,8,12-14H2,1-2H3,(H,25,29). The van der Waals surface area contributed by atoms with Gasteiger partial charge in [0.25, 0.3) is 0 Å². The van der Waals surface area contributed by atoms with Gasteiger partial charge in [0.05, 0.1) is 17.5 Å². The lowest BCUT2D eigenvalue weighted by atomic mass is 9.96. The lowest BCUT2D eigenvalue weighted by Gasteiger charge is -2.31. The monoisotopic (exact) mass is 424 g/mol. The Kier molecular flexibility index (Phi) is 6.16. The van der Waals surface area contributed by atoms with E-state index in [1.165, 1.54) is 5.56 Å². The van der Waals surface area contributed by atoms with E-state index in [0.717, 1.165) is 36.2 Å². The van der Waals surface area contributed by atoms with Gasteiger partial charge in [-0.2, -0.15) is 4.98 Å². The van der Waals surface area contributed by atoms with Crippen LogP contribution in [0.25, 0.3) is 11.4 Å². The number of halogens is 1. The predicted octanol–water partition coefficient (Wildman–Crippen LogP) is 4.86. The van der Waals surface area contributed by atoms with Gasteiger partial charge in [0.15, 0.2) is 0 Å². The molecule has 1 unspecified atom stereocenters. The summed E-state index contributed by atoms with van der Waals surface area (Å²) in [6, 6.07) is 13.4. The molecule has 0 bridgehead atoms. The molecule has 1 N–H and O–H groups in total. The number of rotatable bonds is 5. The molecule has 156 valence electrons. The molecule has 1 aliphatic heterocycles. The number of aryl methyl sites for hydroxylation is 1. The highest BCUT2D eigenvalue weighted by molar-refractivity contribution is 6.33. The third kappa shape index (κ3) is 4.55. The smallest absolute Gasteiger partial charge is 0.241 e. The van der Waals surface area contributed by atoms with Gasteiger partial charge in [-0.1, -0.05) is 41.0 Å². The van der Waals surface area contributed by atoms with Crippen LogP contribution in [0.4, 0.5) is 5.69 Å². The van der Waals surface area contributed by atoms with Crippen molar-refractivity contribution in [2.75, 3.05) is 18.4 Å². The van der Waals surface area contributed by atoms with Crippen molar-refractivity contribution in [3.8, 4) is 11.4 Å². The second kappa shape index (κ2) is 8.98. The van der Waals surface area contributed by atoms with E-state index in [-0.39, 0.29) is 11.8 Å². The molecule has 3 aromatic rings. The quantitative estimate of drug-likeness (QED) is 0.633. The molecule has 1 saturated heterocycles. The maximum atomic E-state index is 12.9. The maximum absolute atomic E-state index is 12.9. The Balaban J connectivity index is 1.39. The zero-order chi connectivity index (χ0) is 21.1. The van der Waals surface area contributed by atoms with E-state index in [1.807, 2.05) is 37.3 Å². The van der Waals surface area contributed by atoms with Crippen molar-refractivity contribution in [2.45, 2.75) is 33.2 Å². The molecule has 1 fully saturated rings. The van der Waals surface area contributed by atoms with E-state index in [2.05, 4.69) is 33.3 Å². The normalized spacial score (nSPS) is 17.1. The van der Waals surface area contributed by atoms with Crippen molar-refractivity contribution in [1.29, 1.82) is 0 Å². The molecule has 30 heavy (non-hydrogen) atoms. The van der Waals surface area contributed by atoms with Crippen molar-refractivity contribution in [2.24, 2.45) is 5.92 Å². The van der Waals surface area contributed by atoms with E-state index < -0.39 is 0 Å². The van der Waals surface area contributed by atoms with Crippen LogP contribution in [0.3, 0.4) is 0 Å². The molecule has 1 atom stereocenters. The zero-order valence-electron chi connectivity index (χ0n) is 17.2. The van der Waals surface area contributed by atoms with Crippen LogP contribution in [-0.2, 0) is 11.3 Å². The Hall–Kier alpha value is -2.70. The largest absolute Gasteiger partial charge is 0.338 e. The molecule has 0 aliphatic carbocycles. The van der Waals surface area contributed by atoms with Gasteiger partial charge < -0.3 is 9.84 Å². The minimum Gasteiger partial charge on any atom is -0.338 e. The zero-order valence-corrected chi connectivity index (χ0v) is 17.9. The Morgan fingerprint density at radius 1 is 1.23 bits per heavy atom. The Morgan fingerprint density at radius 2 is 2.07 bits per heavy atom. The molecular formula is C23H25ClN4O2. The van der Waals surface area contributed by atoms with Crippen LogP contribution < -0.4 is 5.32 Å². The summed E-state index contributed by atoms with van der Waals surface area (Å²) >= 11 is 6.22. The first-order chi connectivity index (χ1) is 14.5. The Morgan fingerprint density at radius 3 is 2.90 bits per heavy atom. The molecule has 2 heterocycles. The van der Waals surface area contributed by atoms with Gasteiger partial charge in [-0.05, 0) is 62.6 Å². The van der Waals surface area contributed by atoms with E-state index in [0.29, 0.717) is 29.8 Å². The number of hydrogen-bond acceptors (Lipinski definition) is 5. The highest BCUT2D eigenvalue weighted by Crippen LogP contribution is 2.26. The molecule has 0 radical (unpaired) electrons. The van der Waals surface area contributed by atoms with Crippen molar-refractivity contribution in [3.05, 3.63) is 64.5 Å². The fourth-order valence-corrected chi connectivity index (χ4v) is 4.02. The van der Waals surface area contributed by atoms with Crippen LogP contribution in [0.5, 0.6) is 0 Å². The number of aromatic nitrogens is 2. The van der Waals surface area contributed by atoms with Gasteiger partial charge in [-0.3, -0.25) is 9.69 Å². The lowest BCUT2D eigenvalue weighted by molar-refractivity contribution is -0.121. The van der Waals surface area contributed by atoms with E-state index in [1.54, 1.807) is 6.07 Å². The van der Waals surface area contributed by atoms with Crippen LogP contribution in [0.15, 0.2) is 47.0 Å². The number of nitrogens with zero attached hydrogens (tertiary/aromatic N) is 3. The average Bonchev–Trinajstić information content (AvgIpc) is 3.20. The predicted molar refractivity (Wildman–Crippen MR) is 117 cm³/mol. The first kappa shape index (κ1) is 20.6. The topological polar surface area (TPSA) is 71.3 Å². The number of benzene rings is 2. The SMILES string of the molecule is Cc1cccc(NC(=O)C2CCCN(Cc3nc(-c4ccccc4Cl)no3)C2)c1C. The van der Waals surface area contributed by atoms with Crippen LogP contribution in [0.2, 0.25) is 5.02 Å². The molecule has 1 amide bonds. The molecule has 6 nitrogen and oxygen atoms in total. The van der Waals surface area contributed by atoms with Crippen molar-refractivity contribution < 1.29 is 9.32 Å². The van der Waals surface area contributed by atoms with E-state index >= 15 is 0 Å². The molecule has 2 aromatic carbocycles. The second-order valence-corrected chi connectivity index (χ2v) is 8.21. The van der Waals surface area contributed by atoms with Gasteiger partial charge in [-0.15, -0.1) is 0 Å². The molecule has 1 aromatic heterocycles. The van der Waals surface area contributed by atoms with Gasteiger partial charge in [0.1, 0.15) is 0 Å². The van der Waals surface area contributed by atoms with Crippen LogP contribution in [-0.4, -0.2) is 34.0 Å². The number of likely N-dealkylation sites (tertiary alicyclic amines) is 1. The van der Waals surface area contributed by atoms with Crippen LogP contribution in [0, 0.1) is 19.8 Å². The summed E-state index contributed by atoms with van der Waals surface area (Å²) in [4.78, 5) is 19.5.